The van der Waals surface area contributed by atoms with Crippen LogP contribution in [0.5, 0.6) is 0 Å². The van der Waals surface area contributed by atoms with E-state index < -0.39 is 58.6 Å². The van der Waals surface area contributed by atoms with Crippen molar-refractivity contribution in [1.29, 1.82) is 0 Å². The molecule has 1 fully saturated rings. The SMILES string of the molecule is CC(C)(C)OC(=O)[C@@H]1CC(CO)=CN1C(=O)OC(C)(C)C.CC(C)(C)OC(=O)[C@@H]1C[C@H](CO)CN1C(=O)OC(C)(C)C. The molecule has 0 spiro atoms. The minimum absolute atomic E-state index is 0.0708. The third-order valence-corrected chi connectivity index (χ3v) is 5.55. The highest BCUT2D eigenvalue weighted by Crippen LogP contribution is 2.28. The molecule has 0 aromatic heterocycles. The number of hydrogen-bond acceptors (Lipinski definition) is 10. The fourth-order valence-electron chi connectivity index (χ4n) is 4.02. The van der Waals surface area contributed by atoms with Gasteiger partial charge in [0.1, 0.15) is 34.5 Å². The third-order valence-electron chi connectivity index (χ3n) is 5.55. The Bertz CT molecular complexity index is 924. The maximum atomic E-state index is 12.2. The fourth-order valence-corrected chi connectivity index (χ4v) is 4.02. The third kappa shape index (κ3) is 13.0. The number of nitrogens with zero attached hydrogens (tertiary/aromatic N) is 2. The predicted octanol–water partition coefficient (Wildman–Crippen LogP) is 4.16. The second-order valence-corrected chi connectivity index (χ2v) is 14.6. The van der Waals surface area contributed by atoms with Gasteiger partial charge in [-0.3, -0.25) is 9.80 Å². The van der Waals surface area contributed by atoms with Gasteiger partial charge in [0.2, 0.25) is 0 Å². The van der Waals surface area contributed by atoms with Gasteiger partial charge in [-0.15, -0.1) is 0 Å². The number of ether oxygens (including phenoxy) is 4. The van der Waals surface area contributed by atoms with Crippen molar-refractivity contribution in [2.24, 2.45) is 5.92 Å². The molecule has 2 amide bonds. The molecule has 42 heavy (non-hydrogen) atoms. The maximum Gasteiger partial charge on any atom is 0.415 e. The van der Waals surface area contributed by atoms with Gasteiger partial charge < -0.3 is 29.2 Å². The van der Waals surface area contributed by atoms with E-state index in [2.05, 4.69) is 0 Å². The Morgan fingerprint density at radius 3 is 1.55 bits per heavy atom. The minimum Gasteiger partial charge on any atom is -0.458 e. The van der Waals surface area contributed by atoms with Gasteiger partial charge in [0.05, 0.1) is 6.61 Å². The number of carbonyl (C=O) groups is 4. The molecule has 2 aliphatic rings. The van der Waals surface area contributed by atoms with E-state index in [4.69, 9.17) is 18.9 Å². The van der Waals surface area contributed by atoms with Crippen molar-refractivity contribution in [3.05, 3.63) is 11.8 Å². The molecule has 0 saturated carbocycles. The normalized spacial score (nSPS) is 21.2. The van der Waals surface area contributed by atoms with Crippen molar-refractivity contribution in [1.82, 2.24) is 9.80 Å². The van der Waals surface area contributed by atoms with Gasteiger partial charge >= 0.3 is 24.1 Å². The summed E-state index contributed by atoms with van der Waals surface area (Å²) >= 11 is 0. The Morgan fingerprint density at radius 1 is 0.714 bits per heavy atom. The molecule has 0 bridgehead atoms. The molecule has 2 N–H and O–H groups in total. The topological polar surface area (TPSA) is 152 Å². The zero-order valence-corrected chi connectivity index (χ0v) is 27.4. The monoisotopic (exact) mass is 600 g/mol. The fraction of sp³-hybridized carbons (Fsp3) is 0.800. The van der Waals surface area contributed by atoms with Gasteiger partial charge in [0, 0.05) is 31.7 Å². The molecule has 0 aliphatic carbocycles. The first-order chi connectivity index (χ1) is 18.9. The maximum absolute atomic E-state index is 12.2. The summed E-state index contributed by atoms with van der Waals surface area (Å²) in [5.74, 6) is -1.09. The summed E-state index contributed by atoms with van der Waals surface area (Å²) in [5, 5.41) is 18.5. The Balaban J connectivity index is 0.000000420. The van der Waals surface area contributed by atoms with Crippen molar-refractivity contribution < 1.29 is 48.3 Å². The lowest BCUT2D eigenvalue weighted by Gasteiger charge is -2.29. The lowest BCUT2D eigenvalue weighted by Crippen LogP contribution is -2.45. The van der Waals surface area contributed by atoms with E-state index in [0.29, 0.717) is 18.5 Å². The van der Waals surface area contributed by atoms with E-state index in [-0.39, 0.29) is 25.6 Å². The molecular formula is C30H52N2O10. The highest BCUT2D eigenvalue weighted by atomic mass is 16.6. The largest absolute Gasteiger partial charge is 0.458 e. The molecule has 0 aromatic rings. The van der Waals surface area contributed by atoms with Gasteiger partial charge in [-0.1, -0.05) is 0 Å². The van der Waals surface area contributed by atoms with Crippen LogP contribution in [0.15, 0.2) is 11.8 Å². The number of aliphatic hydroxyl groups excluding tert-OH is 2. The van der Waals surface area contributed by atoms with Gasteiger partial charge in [-0.05, 0) is 95.1 Å². The summed E-state index contributed by atoms with van der Waals surface area (Å²) in [7, 11) is 0. The van der Waals surface area contributed by atoms with Crippen LogP contribution in [0.2, 0.25) is 0 Å². The quantitative estimate of drug-likeness (QED) is 0.355. The average Bonchev–Trinajstić information content (AvgIpc) is 3.40. The second-order valence-electron chi connectivity index (χ2n) is 14.6. The molecule has 0 aromatic carbocycles. The highest BCUT2D eigenvalue weighted by Gasteiger charge is 2.43. The van der Waals surface area contributed by atoms with Gasteiger partial charge in [0.25, 0.3) is 0 Å². The summed E-state index contributed by atoms with van der Waals surface area (Å²) in [6.45, 7) is 21.2. The van der Waals surface area contributed by atoms with Crippen LogP contribution in [0.4, 0.5) is 9.59 Å². The van der Waals surface area contributed by atoms with E-state index in [0.717, 1.165) is 0 Å². The summed E-state index contributed by atoms with van der Waals surface area (Å²) in [6, 6.07) is -1.49. The Morgan fingerprint density at radius 2 is 1.14 bits per heavy atom. The molecule has 1 saturated heterocycles. The molecule has 12 nitrogen and oxygen atoms in total. The zero-order chi connectivity index (χ0) is 32.8. The summed E-state index contributed by atoms with van der Waals surface area (Å²) < 4.78 is 21.3. The number of rotatable bonds is 4. The minimum atomic E-state index is -0.791. The summed E-state index contributed by atoms with van der Waals surface area (Å²) in [6.07, 6.45) is 0.939. The number of hydrogen-bond donors (Lipinski definition) is 2. The summed E-state index contributed by atoms with van der Waals surface area (Å²) in [5.41, 5.74) is -1.96. The van der Waals surface area contributed by atoms with Crippen molar-refractivity contribution >= 4 is 24.1 Å². The van der Waals surface area contributed by atoms with Gasteiger partial charge in [-0.25, -0.2) is 19.2 Å². The van der Waals surface area contributed by atoms with Crippen LogP contribution < -0.4 is 0 Å². The van der Waals surface area contributed by atoms with Crippen molar-refractivity contribution in [3.63, 3.8) is 0 Å². The molecule has 0 radical (unpaired) electrons. The van der Waals surface area contributed by atoms with Crippen LogP contribution in [0.1, 0.15) is 95.9 Å². The van der Waals surface area contributed by atoms with E-state index >= 15 is 0 Å². The van der Waals surface area contributed by atoms with Gasteiger partial charge in [0.15, 0.2) is 0 Å². The van der Waals surface area contributed by atoms with Crippen LogP contribution in [0.3, 0.4) is 0 Å². The molecule has 2 rings (SSSR count). The summed E-state index contributed by atoms with van der Waals surface area (Å²) in [4.78, 5) is 51.4. The number of carbonyl (C=O) groups excluding carboxylic acids is 4. The van der Waals surface area contributed by atoms with Crippen LogP contribution in [-0.4, -0.2) is 98.4 Å². The van der Waals surface area contributed by atoms with Gasteiger partial charge in [-0.2, -0.15) is 0 Å². The smallest absolute Gasteiger partial charge is 0.415 e. The van der Waals surface area contributed by atoms with E-state index in [1.54, 1.807) is 83.1 Å². The Labute approximate surface area is 250 Å². The van der Waals surface area contributed by atoms with E-state index in [9.17, 15) is 29.4 Å². The first-order valence-corrected chi connectivity index (χ1v) is 14.2. The molecular weight excluding hydrogens is 548 g/mol. The van der Waals surface area contributed by atoms with Crippen molar-refractivity contribution in [2.45, 2.75) is 130 Å². The number of aliphatic hydroxyl groups is 2. The highest BCUT2D eigenvalue weighted by molar-refractivity contribution is 5.84. The Kier molecular flexibility index (Phi) is 12.5. The standard InChI is InChI=1S/C15H27NO5.C15H25NO5/c2*1-14(2,3)20-12(18)11-7-10(9-17)8-16(11)13(19)21-15(4,5)6/h10-11,17H,7-9H2,1-6H3;8,11,17H,7,9H2,1-6H3/t10-,11-;11-/m00/s1. The average molecular weight is 601 g/mol. The van der Waals surface area contributed by atoms with E-state index in [1.807, 2.05) is 0 Å². The molecule has 0 unspecified atom stereocenters. The molecule has 3 atom stereocenters. The number of esters is 2. The van der Waals surface area contributed by atoms with E-state index in [1.165, 1.54) is 16.0 Å². The molecule has 2 aliphatic heterocycles. The lowest BCUT2D eigenvalue weighted by molar-refractivity contribution is -0.160. The zero-order valence-electron chi connectivity index (χ0n) is 27.4. The van der Waals surface area contributed by atoms with Crippen LogP contribution >= 0.6 is 0 Å². The van der Waals surface area contributed by atoms with Crippen molar-refractivity contribution in [3.8, 4) is 0 Å². The first-order valence-electron chi connectivity index (χ1n) is 14.2. The lowest BCUT2D eigenvalue weighted by atomic mass is 10.1. The Hall–Kier alpha value is -2.86. The van der Waals surface area contributed by atoms with Crippen LogP contribution in [0, 0.1) is 5.92 Å². The second kappa shape index (κ2) is 14.1. The van der Waals surface area contributed by atoms with Crippen LogP contribution in [-0.2, 0) is 28.5 Å². The number of amides is 2. The molecule has 12 heteroatoms. The van der Waals surface area contributed by atoms with Crippen molar-refractivity contribution in [2.75, 3.05) is 19.8 Å². The predicted molar refractivity (Wildman–Crippen MR) is 155 cm³/mol. The molecule has 242 valence electrons. The molecule has 2 heterocycles. The number of likely N-dealkylation sites (tertiary alicyclic amines) is 1. The van der Waals surface area contributed by atoms with Crippen LogP contribution in [0.25, 0.3) is 0 Å². The first kappa shape index (κ1) is 37.2.